The first kappa shape index (κ1) is 11.5. The van der Waals surface area contributed by atoms with Gasteiger partial charge in [0, 0.05) is 24.7 Å². The molecule has 94 valence electrons. The van der Waals surface area contributed by atoms with Crippen LogP contribution in [0.1, 0.15) is 44.9 Å². The van der Waals surface area contributed by atoms with Gasteiger partial charge in [-0.2, -0.15) is 5.26 Å². The molecule has 1 N–H and O–H groups in total. The van der Waals surface area contributed by atoms with Crippen molar-refractivity contribution >= 4 is 0 Å². The van der Waals surface area contributed by atoms with Crippen molar-refractivity contribution in [2.24, 2.45) is 5.92 Å². The third kappa shape index (κ3) is 2.21. The second kappa shape index (κ2) is 4.96. The van der Waals surface area contributed by atoms with Crippen molar-refractivity contribution in [3.8, 4) is 6.07 Å². The van der Waals surface area contributed by atoms with Crippen molar-refractivity contribution in [3.63, 3.8) is 0 Å². The van der Waals surface area contributed by atoms with Gasteiger partial charge in [0.2, 0.25) is 0 Å². The number of hydrogen-bond acceptors (Lipinski definition) is 3. The molecule has 3 heteroatoms. The fourth-order valence-electron chi connectivity index (χ4n) is 4.03. The highest BCUT2D eigenvalue weighted by molar-refractivity contribution is 5.01. The van der Waals surface area contributed by atoms with Gasteiger partial charge in [0.15, 0.2) is 0 Å². The minimum Gasteiger partial charge on any atom is -0.308 e. The van der Waals surface area contributed by atoms with Crippen LogP contribution in [0.25, 0.3) is 0 Å². The third-order valence-corrected chi connectivity index (χ3v) is 4.97. The largest absolute Gasteiger partial charge is 0.308 e. The Hall–Kier alpha value is -0.590. The molecular weight excluding hydrogens is 210 g/mol. The van der Waals surface area contributed by atoms with Gasteiger partial charge in [0.25, 0.3) is 0 Å². The molecule has 3 fully saturated rings. The molecule has 4 atom stereocenters. The van der Waals surface area contributed by atoms with Gasteiger partial charge in [-0.1, -0.05) is 12.8 Å². The third-order valence-electron chi connectivity index (χ3n) is 4.97. The van der Waals surface area contributed by atoms with Crippen LogP contribution in [-0.4, -0.2) is 36.1 Å². The van der Waals surface area contributed by atoms with Crippen LogP contribution in [0.3, 0.4) is 0 Å². The molecule has 4 unspecified atom stereocenters. The van der Waals surface area contributed by atoms with Gasteiger partial charge >= 0.3 is 0 Å². The molecule has 0 amide bonds. The lowest BCUT2D eigenvalue weighted by molar-refractivity contribution is 0.175. The molecule has 3 nitrogen and oxygen atoms in total. The summed E-state index contributed by atoms with van der Waals surface area (Å²) in [4.78, 5) is 2.66. The summed E-state index contributed by atoms with van der Waals surface area (Å²) in [6.45, 7) is 2.57. The van der Waals surface area contributed by atoms with E-state index < -0.39 is 0 Å². The predicted octanol–water partition coefficient (Wildman–Crippen LogP) is 1.90. The number of nitrogens with one attached hydrogen (secondary N) is 1. The Morgan fingerprint density at radius 1 is 0.941 bits per heavy atom. The lowest BCUT2D eigenvalue weighted by Crippen LogP contribution is -2.49. The van der Waals surface area contributed by atoms with Crippen molar-refractivity contribution in [2.75, 3.05) is 13.1 Å². The minimum atomic E-state index is 0.271. The van der Waals surface area contributed by atoms with Crippen molar-refractivity contribution in [2.45, 2.75) is 63.1 Å². The SMILES string of the molecule is N#CC1CCCC1NC1CCN2CCCCC12. The second-order valence-corrected chi connectivity index (χ2v) is 5.93. The van der Waals surface area contributed by atoms with Crippen molar-refractivity contribution in [3.05, 3.63) is 0 Å². The van der Waals surface area contributed by atoms with E-state index in [0.717, 1.165) is 12.5 Å². The number of hydrogen-bond donors (Lipinski definition) is 1. The topological polar surface area (TPSA) is 39.1 Å². The monoisotopic (exact) mass is 233 g/mol. The molecule has 2 heterocycles. The van der Waals surface area contributed by atoms with Gasteiger partial charge in [-0.25, -0.2) is 0 Å². The van der Waals surface area contributed by atoms with Crippen molar-refractivity contribution in [1.29, 1.82) is 5.26 Å². The molecule has 0 aromatic heterocycles. The van der Waals surface area contributed by atoms with Crippen LogP contribution < -0.4 is 5.32 Å². The molecule has 17 heavy (non-hydrogen) atoms. The summed E-state index contributed by atoms with van der Waals surface area (Å²) in [6, 6.07) is 4.39. The molecule has 0 spiro atoms. The van der Waals surface area contributed by atoms with Gasteiger partial charge in [-0.15, -0.1) is 0 Å². The molecule has 1 saturated carbocycles. The average Bonchev–Trinajstić information content (AvgIpc) is 2.97. The van der Waals surface area contributed by atoms with E-state index in [0.29, 0.717) is 12.1 Å². The molecule has 0 aromatic carbocycles. The Morgan fingerprint density at radius 2 is 1.88 bits per heavy atom. The molecule has 0 aromatic rings. The summed E-state index contributed by atoms with van der Waals surface area (Å²) < 4.78 is 0. The Labute approximate surface area is 104 Å². The molecule has 0 bridgehead atoms. The second-order valence-electron chi connectivity index (χ2n) is 5.93. The van der Waals surface area contributed by atoms with Crippen LogP contribution in [0, 0.1) is 17.2 Å². The summed E-state index contributed by atoms with van der Waals surface area (Å²) >= 11 is 0. The highest BCUT2D eigenvalue weighted by Crippen LogP contribution is 2.31. The van der Waals surface area contributed by atoms with Crippen LogP contribution in [0.5, 0.6) is 0 Å². The predicted molar refractivity (Wildman–Crippen MR) is 67.5 cm³/mol. The minimum absolute atomic E-state index is 0.271. The standard InChI is InChI=1S/C14H23N3/c15-10-11-4-3-5-12(11)16-13-7-9-17-8-2-1-6-14(13)17/h11-14,16H,1-9H2. The quantitative estimate of drug-likeness (QED) is 0.791. The first-order valence-corrected chi connectivity index (χ1v) is 7.28. The summed E-state index contributed by atoms with van der Waals surface area (Å²) in [5.41, 5.74) is 0. The number of nitriles is 1. The summed E-state index contributed by atoms with van der Waals surface area (Å²) in [6.07, 6.45) is 8.98. The van der Waals surface area contributed by atoms with E-state index >= 15 is 0 Å². The van der Waals surface area contributed by atoms with Crippen LogP contribution in [0.4, 0.5) is 0 Å². The molecule has 2 aliphatic heterocycles. The first-order chi connectivity index (χ1) is 8.38. The Kier molecular flexibility index (Phi) is 3.35. The zero-order valence-electron chi connectivity index (χ0n) is 10.6. The fourth-order valence-corrected chi connectivity index (χ4v) is 4.03. The van der Waals surface area contributed by atoms with Gasteiger partial charge in [-0.3, -0.25) is 4.90 Å². The molecule has 3 rings (SSSR count). The van der Waals surface area contributed by atoms with Crippen LogP contribution in [-0.2, 0) is 0 Å². The molecule has 2 saturated heterocycles. The number of nitrogens with zero attached hydrogens (tertiary/aromatic N) is 2. The normalized spacial score (nSPS) is 42.3. The maximum atomic E-state index is 9.14. The van der Waals surface area contributed by atoms with Gasteiger partial charge in [0.05, 0.1) is 12.0 Å². The Balaban J connectivity index is 1.60. The summed E-state index contributed by atoms with van der Waals surface area (Å²) in [7, 11) is 0. The lowest BCUT2D eigenvalue weighted by Gasteiger charge is -2.34. The first-order valence-electron chi connectivity index (χ1n) is 7.28. The van der Waals surface area contributed by atoms with Gasteiger partial charge in [0.1, 0.15) is 0 Å². The highest BCUT2D eigenvalue weighted by atomic mass is 15.2. The van der Waals surface area contributed by atoms with E-state index in [9.17, 15) is 0 Å². The van der Waals surface area contributed by atoms with Crippen molar-refractivity contribution in [1.82, 2.24) is 10.2 Å². The van der Waals surface area contributed by atoms with Crippen LogP contribution in [0.2, 0.25) is 0 Å². The summed E-state index contributed by atoms with van der Waals surface area (Å²) in [5, 5.41) is 13.0. The van der Waals surface area contributed by atoms with Crippen molar-refractivity contribution < 1.29 is 0 Å². The number of rotatable bonds is 2. The zero-order valence-corrected chi connectivity index (χ0v) is 10.6. The number of fused-ring (bicyclic) bond motifs is 1. The summed E-state index contributed by atoms with van der Waals surface area (Å²) in [5.74, 6) is 0.271. The van der Waals surface area contributed by atoms with E-state index in [1.807, 2.05) is 0 Å². The number of piperidine rings is 1. The van der Waals surface area contributed by atoms with E-state index in [-0.39, 0.29) is 5.92 Å². The zero-order chi connectivity index (χ0) is 11.7. The smallest absolute Gasteiger partial charge is 0.0672 e. The molecular formula is C14H23N3. The van der Waals surface area contributed by atoms with E-state index in [4.69, 9.17) is 5.26 Å². The molecule has 3 aliphatic rings. The van der Waals surface area contributed by atoms with E-state index in [1.165, 1.54) is 51.6 Å². The Bertz CT molecular complexity index is 309. The Morgan fingerprint density at radius 3 is 2.76 bits per heavy atom. The van der Waals surface area contributed by atoms with Crippen LogP contribution >= 0.6 is 0 Å². The average molecular weight is 233 g/mol. The highest BCUT2D eigenvalue weighted by Gasteiger charge is 2.38. The van der Waals surface area contributed by atoms with E-state index in [2.05, 4.69) is 16.3 Å². The maximum Gasteiger partial charge on any atom is 0.0672 e. The lowest BCUT2D eigenvalue weighted by atomic mass is 9.97. The fraction of sp³-hybridized carbons (Fsp3) is 0.929. The van der Waals surface area contributed by atoms with E-state index in [1.54, 1.807) is 0 Å². The van der Waals surface area contributed by atoms with Gasteiger partial charge < -0.3 is 5.32 Å². The van der Waals surface area contributed by atoms with Crippen LogP contribution in [0.15, 0.2) is 0 Å². The molecule has 0 radical (unpaired) electrons. The van der Waals surface area contributed by atoms with Gasteiger partial charge in [-0.05, 0) is 38.6 Å². The maximum absolute atomic E-state index is 9.14. The molecule has 1 aliphatic carbocycles.